The fraction of sp³-hybridized carbons (Fsp3) is 0.188. The van der Waals surface area contributed by atoms with Crippen LogP contribution in [0.4, 0.5) is 0 Å². The van der Waals surface area contributed by atoms with Gasteiger partial charge in [-0.15, -0.1) is 0 Å². The zero-order valence-corrected chi connectivity index (χ0v) is 22.7. The molecule has 2 aromatic heterocycles. The SMILES string of the molecule is COC(=O)CC(C1=C(O)C(=O)C(C(CC(=O)OC)c2ccnc3ccccc23)=C(O)C1=O)c1ccnc2ccccc12. The summed E-state index contributed by atoms with van der Waals surface area (Å²) in [6, 6.07) is 17.1. The summed E-state index contributed by atoms with van der Waals surface area (Å²) in [6.45, 7) is 0. The fourth-order valence-electron chi connectivity index (χ4n) is 5.44. The summed E-state index contributed by atoms with van der Waals surface area (Å²) < 4.78 is 9.71. The molecule has 0 radical (unpaired) electrons. The highest BCUT2D eigenvalue weighted by Gasteiger charge is 2.43. The molecule has 0 saturated heterocycles. The summed E-state index contributed by atoms with van der Waals surface area (Å²) in [6.07, 6.45) is 2.14. The molecule has 0 fully saturated rings. The zero-order chi connectivity index (χ0) is 30.0. The van der Waals surface area contributed by atoms with Crippen molar-refractivity contribution in [2.24, 2.45) is 0 Å². The molecule has 0 bridgehead atoms. The smallest absolute Gasteiger partial charge is 0.306 e. The summed E-state index contributed by atoms with van der Waals surface area (Å²) in [5, 5.41) is 23.9. The van der Waals surface area contributed by atoms with Gasteiger partial charge in [0.15, 0.2) is 11.5 Å². The van der Waals surface area contributed by atoms with E-state index in [2.05, 4.69) is 9.97 Å². The van der Waals surface area contributed by atoms with Crippen molar-refractivity contribution < 1.29 is 38.9 Å². The molecule has 0 spiro atoms. The number of esters is 2. The maximum atomic E-state index is 13.9. The molecule has 2 unspecified atom stereocenters. The molecule has 10 nitrogen and oxygen atoms in total. The maximum Gasteiger partial charge on any atom is 0.306 e. The van der Waals surface area contributed by atoms with Gasteiger partial charge in [0.1, 0.15) is 0 Å². The number of benzene rings is 2. The molecule has 212 valence electrons. The number of pyridine rings is 2. The Balaban J connectivity index is 1.69. The van der Waals surface area contributed by atoms with Gasteiger partial charge in [0.05, 0.1) is 49.2 Å². The minimum Gasteiger partial charge on any atom is -0.504 e. The van der Waals surface area contributed by atoms with Gasteiger partial charge in [-0.2, -0.15) is 0 Å². The van der Waals surface area contributed by atoms with Crippen LogP contribution in [0.3, 0.4) is 0 Å². The molecule has 2 N–H and O–H groups in total. The molecule has 2 aromatic carbocycles. The second-order valence-electron chi connectivity index (χ2n) is 9.68. The predicted molar refractivity (Wildman–Crippen MR) is 152 cm³/mol. The van der Waals surface area contributed by atoms with E-state index in [-0.39, 0.29) is 0 Å². The van der Waals surface area contributed by atoms with Crippen LogP contribution < -0.4 is 0 Å². The number of ketones is 2. The Morgan fingerprint density at radius 2 is 1.05 bits per heavy atom. The van der Waals surface area contributed by atoms with Crippen LogP contribution in [0.2, 0.25) is 0 Å². The third-order valence-corrected chi connectivity index (χ3v) is 7.44. The third-order valence-electron chi connectivity index (χ3n) is 7.44. The van der Waals surface area contributed by atoms with Gasteiger partial charge in [0.2, 0.25) is 11.6 Å². The Labute approximate surface area is 239 Å². The number of nitrogens with zero attached hydrogens (tertiary/aromatic N) is 2. The van der Waals surface area contributed by atoms with Gasteiger partial charge in [0.25, 0.3) is 0 Å². The van der Waals surface area contributed by atoms with E-state index in [1.54, 1.807) is 60.7 Å². The van der Waals surface area contributed by atoms with Crippen molar-refractivity contribution in [2.75, 3.05) is 14.2 Å². The van der Waals surface area contributed by atoms with Crippen LogP contribution in [-0.4, -0.2) is 57.9 Å². The number of Topliss-reactive ketones (excluding diaryl/α,β-unsaturated/α-hetero) is 2. The van der Waals surface area contributed by atoms with E-state index < -0.39 is 70.8 Å². The van der Waals surface area contributed by atoms with E-state index in [0.29, 0.717) is 32.9 Å². The van der Waals surface area contributed by atoms with Crippen LogP contribution >= 0.6 is 0 Å². The van der Waals surface area contributed by atoms with Crippen LogP contribution in [0.5, 0.6) is 0 Å². The van der Waals surface area contributed by atoms with Crippen molar-refractivity contribution in [3.8, 4) is 0 Å². The molecule has 1 aliphatic carbocycles. The van der Waals surface area contributed by atoms with Gasteiger partial charge in [0, 0.05) is 35.0 Å². The molecule has 5 rings (SSSR count). The standard InChI is InChI=1S/C32H26N2O8/c1-41-25(35)15-21(17-11-13-33-23-9-5-3-7-19(17)23)27-29(37)31(39)28(32(40)30(27)38)22(16-26(36)42-2)18-12-14-34-24-10-6-4-8-20(18)24/h3-14,21-22,37,40H,15-16H2,1-2H3. The lowest BCUT2D eigenvalue weighted by Crippen LogP contribution is -2.31. The van der Waals surface area contributed by atoms with Gasteiger partial charge in [-0.1, -0.05) is 36.4 Å². The largest absolute Gasteiger partial charge is 0.504 e. The van der Waals surface area contributed by atoms with Crippen molar-refractivity contribution in [3.05, 3.63) is 107 Å². The lowest BCUT2D eigenvalue weighted by Gasteiger charge is -2.28. The Morgan fingerprint density at radius 3 is 1.43 bits per heavy atom. The van der Waals surface area contributed by atoms with Gasteiger partial charge in [-0.25, -0.2) is 0 Å². The molecule has 4 aromatic rings. The van der Waals surface area contributed by atoms with E-state index in [4.69, 9.17) is 9.47 Å². The molecule has 2 heterocycles. The van der Waals surface area contributed by atoms with Crippen LogP contribution in [0.25, 0.3) is 21.8 Å². The van der Waals surface area contributed by atoms with E-state index in [1.165, 1.54) is 26.6 Å². The first-order valence-corrected chi connectivity index (χ1v) is 13.0. The lowest BCUT2D eigenvalue weighted by molar-refractivity contribution is -0.142. The molecular weight excluding hydrogens is 540 g/mol. The number of methoxy groups -OCH3 is 2. The minimum atomic E-state index is -1.16. The second-order valence-corrected chi connectivity index (χ2v) is 9.68. The van der Waals surface area contributed by atoms with Crippen molar-refractivity contribution in [1.82, 2.24) is 9.97 Å². The first-order valence-electron chi connectivity index (χ1n) is 13.0. The number of allylic oxidation sites excluding steroid dienone is 2. The van der Waals surface area contributed by atoms with Crippen LogP contribution in [0, 0.1) is 0 Å². The number of aliphatic hydroxyl groups excluding tert-OH is 2. The molecule has 42 heavy (non-hydrogen) atoms. The maximum absolute atomic E-state index is 13.9. The molecule has 10 heteroatoms. The number of ether oxygens (including phenoxy) is 2. The second kappa shape index (κ2) is 11.6. The molecule has 0 aliphatic heterocycles. The van der Waals surface area contributed by atoms with Crippen molar-refractivity contribution >= 4 is 45.3 Å². The Hall–Kier alpha value is -5.38. The number of fused-ring (bicyclic) bond motifs is 2. The summed E-state index contributed by atoms with van der Waals surface area (Å²) in [4.78, 5) is 61.4. The van der Waals surface area contributed by atoms with Gasteiger partial charge in [-0.3, -0.25) is 29.1 Å². The highest BCUT2D eigenvalue weighted by Crippen LogP contribution is 2.43. The van der Waals surface area contributed by atoms with E-state index >= 15 is 0 Å². The number of hydrogen-bond acceptors (Lipinski definition) is 10. The van der Waals surface area contributed by atoms with Gasteiger partial charge >= 0.3 is 11.9 Å². The number of aromatic nitrogens is 2. The topological polar surface area (TPSA) is 153 Å². The summed E-state index contributed by atoms with van der Waals surface area (Å²) in [7, 11) is 2.36. The number of rotatable bonds is 8. The fourth-order valence-corrected chi connectivity index (χ4v) is 5.44. The highest BCUT2D eigenvalue weighted by atomic mass is 16.5. The van der Waals surface area contributed by atoms with E-state index in [0.717, 1.165) is 0 Å². The third kappa shape index (κ3) is 4.98. The number of carbonyl (C=O) groups is 4. The number of para-hydroxylation sites is 2. The first kappa shape index (κ1) is 28.2. The monoisotopic (exact) mass is 566 g/mol. The quantitative estimate of drug-likeness (QED) is 0.229. The normalized spacial score (nSPS) is 15.2. The molecule has 0 saturated carbocycles. The van der Waals surface area contributed by atoms with Crippen LogP contribution in [0.15, 0.2) is 95.7 Å². The minimum absolute atomic E-state index is 0.411. The number of aliphatic hydroxyl groups is 2. The summed E-state index contributed by atoms with van der Waals surface area (Å²) >= 11 is 0. The molecular formula is C32H26N2O8. The molecule has 0 amide bonds. The number of carbonyl (C=O) groups excluding carboxylic acids is 4. The Bertz CT molecular complexity index is 1680. The average Bonchev–Trinajstić information content (AvgIpc) is 3.02. The Morgan fingerprint density at radius 1 is 0.667 bits per heavy atom. The van der Waals surface area contributed by atoms with E-state index in [1.807, 2.05) is 0 Å². The highest BCUT2D eigenvalue weighted by molar-refractivity contribution is 6.25. The van der Waals surface area contributed by atoms with Crippen LogP contribution in [0.1, 0.15) is 35.8 Å². The predicted octanol–water partition coefficient (Wildman–Crippen LogP) is 4.55. The van der Waals surface area contributed by atoms with Gasteiger partial charge < -0.3 is 19.7 Å². The zero-order valence-electron chi connectivity index (χ0n) is 22.7. The van der Waals surface area contributed by atoms with Crippen molar-refractivity contribution in [1.29, 1.82) is 0 Å². The molecule has 1 aliphatic rings. The average molecular weight is 567 g/mol. The lowest BCUT2D eigenvalue weighted by atomic mass is 9.75. The van der Waals surface area contributed by atoms with Gasteiger partial charge in [-0.05, 0) is 35.4 Å². The van der Waals surface area contributed by atoms with Crippen molar-refractivity contribution in [2.45, 2.75) is 24.7 Å². The summed E-state index contributed by atoms with van der Waals surface area (Å²) in [5.41, 5.74) is 1.05. The Kier molecular flexibility index (Phi) is 7.79. The van der Waals surface area contributed by atoms with Crippen LogP contribution in [-0.2, 0) is 28.7 Å². The summed E-state index contributed by atoms with van der Waals surface area (Å²) in [5.74, 6) is -7.70. The number of hydrogen-bond donors (Lipinski definition) is 2. The van der Waals surface area contributed by atoms with Crippen molar-refractivity contribution in [3.63, 3.8) is 0 Å². The first-order chi connectivity index (χ1) is 20.3. The molecule has 2 atom stereocenters. The van der Waals surface area contributed by atoms with E-state index in [9.17, 15) is 29.4 Å².